The van der Waals surface area contributed by atoms with Gasteiger partial charge in [-0.3, -0.25) is 9.59 Å². The van der Waals surface area contributed by atoms with Crippen molar-refractivity contribution in [1.29, 1.82) is 0 Å². The van der Waals surface area contributed by atoms with Crippen molar-refractivity contribution in [3.05, 3.63) is 64.4 Å². The normalized spacial score (nSPS) is 17.0. The Morgan fingerprint density at radius 2 is 2.00 bits per heavy atom. The van der Waals surface area contributed by atoms with Crippen molar-refractivity contribution in [2.75, 3.05) is 11.4 Å². The van der Waals surface area contributed by atoms with Gasteiger partial charge in [0.05, 0.1) is 5.92 Å². The van der Waals surface area contributed by atoms with Crippen LogP contribution in [0.25, 0.3) is 0 Å². The third-order valence-electron chi connectivity index (χ3n) is 4.41. The van der Waals surface area contributed by atoms with Crippen molar-refractivity contribution in [2.24, 2.45) is 5.92 Å². The molecular weight excluding hydrogens is 343 g/mol. The molecule has 130 valence electrons. The maximum atomic E-state index is 12.9. The van der Waals surface area contributed by atoms with Crippen molar-refractivity contribution in [3.63, 3.8) is 0 Å². The van der Waals surface area contributed by atoms with Gasteiger partial charge in [-0.05, 0) is 42.3 Å². The lowest BCUT2D eigenvalue weighted by Crippen LogP contribution is -2.32. The fraction of sp³-hybridized carbons (Fsp3) is 0.263. The average Bonchev–Trinajstić information content (AvgIpc) is 2.98. The average molecular weight is 361 g/mol. The molecule has 0 spiro atoms. The van der Waals surface area contributed by atoms with Crippen LogP contribution in [0.4, 0.5) is 10.1 Å². The minimum Gasteiger partial charge on any atom is -0.352 e. The van der Waals surface area contributed by atoms with Crippen molar-refractivity contribution in [1.82, 2.24) is 5.32 Å². The van der Waals surface area contributed by atoms with Crippen LogP contribution in [0.5, 0.6) is 0 Å². The second kappa shape index (κ2) is 7.23. The fourth-order valence-corrected chi connectivity index (χ4v) is 3.11. The standard InChI is InChI=1S/C19H18ClFN2O2/c1-12-16(20)3-2-4-17(12)23-11-14(9-18(23)24)19(25)22-10-13-5-7-15(21)8-6-13/h2-8,14H,9-11H2,1H3,(H,22,25). The summed E-state index contributed by atoms with van der Waals surface area (Å²) in [6.45, 7) is 2.49. The molecule has 0 bridgehead atoms. The van der Waals surface area contributed by atoms with Crippen molar-refractivity contribution >= 4 is 29.1 Å². The summed E-state index contributed by atoms with van der Waals surface area (Å²) in [6, 6.07) is 11.3. The summed E-state index contributed by atoms with van der Waals surface area (Å²) < 4.78 is 12.9. The Labute approximate surface area is 150 Å². The van der Waals surface area contributed by atoms with Crippen LogP contribution in [0, 0.1) is 18.7 Å². The molecule has 0 saturated carbocycles. The van der Waals surface area contributed by atoms with E-state index in [9.17, 15) is 14.0 Å². The highest BCUT2D eigenvalue weighted by atomic mass is 35.5. The van der Waals surface area contributed by atoms with Crippen LogP contribution in [0.2, 0.25) is 5.02 Å². The molecule has 25 heavy (non-hydrogen) atoms. The molecule has 1 aliphatic heterocycles. The lowest BCUT2D eigenvalue weighted by atomic mass is 10.1. The summed E-state index contributed by atoms with van der Waals surface area (Å²) in [5.41, 5.74) is 2.37. The van der Waals surface area contributed by atoms with E-state index in [4.69, 9.17) is 11.6 Å². The first-order valence-corrected chi connectivity index (χ1v) is 8.41. The van der Waals surface area contributed by atoms with Gasteiger partial charge in [-0.2, -0.15) is 0 Å². The Bertz CT molecular complexity index is 808. The second-order valence-corrected chi connectivity index (χ2v) is 6.54. The highest BCUT2D eigenvalue weighted by Gasteiger charge is 2.35. The topological polar surface area (TPSA) is 49.4 Å². The van der Waals surface area contributed by atoms with Gasteiger partial charge in [0.15, 0.2) is 0 Å². The molecule has 2 aromatic rings. The zero-order chi connectivity index (χ0) is 18.0. The number of benzene rings is 2. The maximum Gasteiger partial charge on any atom is 0.227 e. The number of hydrogen-bond acceptors (Lipinski definition) is 2. The summed E-state index contributed by atoms with van der Waals surface area (Å²) in [6.07, 6.45) is 0.168. The van der Waals surface area contributed by atoms with E-state index in [0.717, 1.165) is 16.8 Å². The fourth-order valence-electron chi connectivity index (χ4n) is 2.94. The van der Waals surface area contributed by atoms with Gasteiger partial charge < -0.3 is 10.2 Å². The molecule has 3 rings (SSSR count). The number of nitrogens with one attached hydrogen (secondary N) is 1. The molecule has 0 aliphatic carbocycles. The largest absolute Gasteiger partial charge is 0.352 e. The second-order valence-electron chi connectivity index (χ2n) is 6.13. The molecule has 1 saturated heterocycles. The predicted molar refractivity (Wildman–Crippen MR) is 94.9 cm³/mol. The first-order chi connectivity index (χ1) is 12.0. The van der Waals surface area contributed by atoms with Gasteiger partial charge >= 0.3 is 0 Å². The number of halogens is 2. The summed E-state index contributed by atoms with van der Waals surface area (Å²) in [5, 5.41) is 3.40. The number of carbonyl (C=O) groups excluding carboxylic acids is 2. The number of hydrogen-bond donors (Lipinski definition) is 1. The van der Waals surface area contributed by atoms with E-state index in [0.29, 0.717) is 18.1 Å². The molecule has 0 radical (unpaired) electrons. The van der Waals surface area contributed by atoms with Crippen LogP contribution in [-0.2, 0) is 16.1 Å². The molecule has 1 heterocycles. The van der Waals surface area contributed by atoms with Crippen molar-refractivity contribution < 1.29 is 14.0 Å². The van der Waals surface area contributed by atoms with Crippen LogP contribution in [-0.4, -0.2) is 18.4 Å². The van der Waals surface area contributed by atoms with Gasteiger partial charge in [0.25, 0.3) is 0 Å². The van der Waals surface area contributed by atoms with Gasteiger partial charge in [0.2, 0.25) is 11.8 Å². The SMILES string of the molecule is Cc1c(Cl)cccc1N1CC(C(=O)NCc2ccc(F)cc2)CC1=O. The molecule has 1 unspecified atom stereocenters. The molecule has 2 aromatic carbocycles. The van der Waals surface area contributed by atoms with Gasteiger partial charge in [0.1, 0.15) is 5.82 Å². The van der Waals surface area contributed by atoms with Crippen LogP contribution in [0.15, 0.2) is 42.5 Å². The Kier molecular flexibility index (Phi) is 5.04. The smallest absolute Gasteiger partial charge is 0.227 e. The Morgan fingerprint density at radius 3 is 2.72 bits per heavy atom. The van der Waals surface area contributed by atoms with Crippen LogP contribution in [0.1, 0.15) is 17.5 Å². The van der Waals surface area contributed by atoms with Crippen molar-refractivity contribution in [2.45, 2.75) is 19.9 Å². The van der Waals surface area contributed by atoms with E-state index in [-0.39, 0.29) is 24.1 Å². The van der Waals surface area contributed by atoms with E-state index in [1.165, 1.54) is 12.1 Å². The van der Waals surface area contributed by atoms with E-state index in [2.05, 4.69) is 5.32 Å². The quantitative estimate of drug-likeness (QED) is 0.907. The monoisotopic (exact) mass is 360 g/mol. The number of carbonyl (C=O) groups is 2. The van der Waals surface area contributed by atoms with E-state index < -0.39 is 5.92 Å². The third-order valence-corrected chi connectivity index (χ3v) is 4.82. The maximum absolute atomic E-state index is 12.9. The molecule has 6 heteroatoms. The third kappa shape index (κ3) is 3.82. The highest BCUT2D eigenvalue weighted by Crippen LogP contribution is 2.31. The van der Waals surface area contributed by atoms with E-state index in [1.54, 1.807) is 29.2 Å². The molecule has 1 atom stereocenters. The Morgan fingerprint density at radius 1 is 1.28 bits per heavy atom. The van der Waals surface area contributed by atoms with Gasteiger partial charge in [0, 0.05) is 30.2 Å². The first kappa shape index (κ1) is 17.4. The summed E-state index contributed by atoms with van der Waals surface area (Å²) in [5.74, 6) is -0.998. The molecule has 4 nitrogen and oxygen atoms in total. The van der Waals surface area contributed by atoms with Gasteiger partial charge in [-0.1, -0.05) is 29.8 Å². The zero-order valence-electron chi connectivity index (χ0n) is 13.8. The molecule has 2 amide bonds. The zero-order valence-corrected chi connectivity index (χ0v) is 14.5. The van der Waals surface area contributed by atoms with Crippen LogP contribution >= 0.6 is 11.6 Å². The van der Waals surface area contributed by atoms with Crippen LogP contribution in [0.3, 0.4) is 0 Å². The number of nitrogens with zero attached hydrogens (tertiary/aromatic N) is 1. The minimum absolute atomic E-state index is 0.0905. The van der Waals surface area contributed by atoms with Gasteiger partial charge in [-0.15, -0.1) is 0 Å². The summed E-state index contributed by atoms with van der Waals surface area (Å²) in [4.78, 5) is 26.3. The highest BCUT2D eigenvalue weighted by molar-refractivity contribution is 6.31. The van der Waals surface area contributed by atoms with Gasteiger partial charge in [-0.25, -0.2) is 4.39 Å². The van der Waals surface area contributed by atoms with Crippen LogP contribution < -0.4 is 10.2 Å². The number of rotatable bonds is 4. The molecule has 0 aromatic heterocycles. The number of anilines is 1. The van der Waals surface area contributed by atoms with Crippen molar-refractivity contribution in [3.8, 4) is 0 Å². The number of amides is 2. The summed E-state index contributed by atoms with van der Waals surface area (Å²) >= 11 is 6.12. The Hall–Kier alpha value is -2.40. The summed E-state index contributed by atoms with van der Waals surface area (Å²) in [7, 11) is 0. The molecule has 1 fully saturated rings. The molecular formula is C19H18ClFN2O2. The Balaban J connectivity index is 1.64. The lowest BCUT2D eigenvalue weighted by Gasteiger charge is -2.19. The first-order valence-electron chi connectivity index (χ1n) is 8.03. The van der Waals surface area contributed by atoms with E-state index >= 15 is 0 Å². The molecule has 1 aliphatic rings. The lowest BCUT2D eigenvalue weighted by molar-refractivity contribution is -0.126. The molecule has 1 N–H and O–H groups in total. The predicted octanol–water partition coefficient (Wildman–Crippen LogP) is 3.46. The minimum atomic E-state index is -0.411. The van der Waals surface area contributed by atoms with E-state index in [1.807, 2.05) is 13.0 Å².